The van der Waals surface area contributed by atoms with Gasteiger partial charge in [0.05, 0.1) is 12.8 Å². The van der Waals surface area contributed by atoms with Crippen LogP contribution in [-0.2, 0) is 6.42 Å². The molecule has 0 bridgehead atoms. The third-order valence-corrected chi connectivity index (χ3v) is 3.90. The molecule has 0 spiro atoms. The van der Waals surface area contributed by atoms with E-state index in [0.29, 0.717) is 0 Å². The summed E-state index contributed by atoms with van der Waals surface area (Å²) < 4.78 is 5.22. The fraction of sp³-hybridized carbons (Fsp3) is 0.412. The van der Waals surface area contributed by atoms with Crippen molar-refractivity contribution in [1.82, 2.24) is 15.3 Å². The number of aromatic nitrogens is 2. The maximum atomic E-state index is 5.22. The van der Waals surface area contributed by atoms with Gasteiger partial charge in [-0.05, 0) is 24.3 Å². The summed E-state index contributed by atoms with van der Waals surface area (Å²) in [5.41, 5.74) is 2.07. The zero-order valence-electron chi connectivity index (χ0n) is 13.2. The van der Waals surface area contributed by atoms with Gasteiger partial charge in [-0.3, -0.25) is 0 Å². The van der Waals surface area contributed by atoms with Gasteiger partial charge < -0.3 is 15.0 Å². The van der Waals surface area contributed by atoms with E-state index in [0.717, 1.165) is 61.2 Å². The molecule has 0 unspecified atom stereocenters. The molecule has 1 aromatic carbocycles. The molecule has 2 aromatic rings. The summed E-state index contributed by atoms with van der Waals surface area (Å²) in [6.07, 6.45) is 0.836. The van der Waals surface area contributed by atoms with Gasteiger partial charge in [-0.25, -0.2) is 9.97 Å². The highest BCUT2D eigenvalue weighted by Gasteiger charge is 2.14. The molecule has 1 aliphatic rings. The Labute approximate surface area is 131 Å². The number of anilines is 1. The second-order valence-corrected chi connectivity index (χ2v) is 5.35. The predicted octanol–water partition coefficient (Wildman–Crippen LogP) is 2.12. The van der Waals surface area contributed by atoms with Crippen LogP contribution in [-0.4, -0.2) is 43.3 Å². The lowest BCUT2D eigenvalue weighted by molar-refractivity contribution is 0.415. The summed E-state index contributed by atoms with van der Waals surface area (Å²) >= 11 is 0. The van der Waals surface area contributed by atoms with Crippen LogP contribution in [0.3, 0.4) is 0 Å². The van der Waals surface area contributed by atoms with Crippen LogP contribution in [0.15, 0.2) is 30.3 Å². The van der Waals surface area contributed by atoms with Crippen molar-refractivity contribution < 1.29 is 4.74 Å². The zero-order chi connectivity index (χ0) is 15.4. The van der Waals surface area contributed by atoms with Gasteiger partial charge in [0.1, 0.15) is 17.4 Å². The van der Waals surface area contributed by atoms with Gasteiger partial charge in [-0.2, -0.15) is 0 Å². The lowest BCUT2D eigenvalue weighted by Gasteiger charge is -2.28. The maximum Gasteiger partial charge on any atom is 0.132 e. The van der Waals surface area contributed by atoms with Crippen LogP contribution in [0.1, 0.15) is 12.7 Å². The first-order chi connectivity index (χ1) is 10.8. The molecule has 1 aromatic heterocycles. The number of hydrogen-bond donors (Lipinski definition) is 1. The highest BCUT2D eigenvalue weighted by Crippen LogP contribution is 2.24. The Morgan fingerprint density at radius 3 is 2.50 bits per heavy atom. The number of nitrogens with zero attached hydrogens (tertiary/aromatic N) is 3. The first kappa shape index (κ1) is 14.8. The molecule has 116 valence electrons. The van der Waals surface area contributed by atoms with E-state index in [9.17, 15) is 0 Å². The lowest BCUT2D eigenvalue weighted by Crippen LogP contribution is -2.44. The standard InChI is InChI=1S/C17H22N4O/c1-3-16-19-15(13-4-6-14(22-2)7-5-13)12-17(20-16)21-10-8-18-9-11-21/h4-7,12,18H,3,8-11H2,1-2H3. The highest BCUT2D eigenvalue weighted by atomic mass is 16.5. The Hall–Kier alpha value is -2.14. The van der Waals surface area contributed by atoms with Crippen LogP contribution in [0.25, 0.3) is 11.3 Å². The fourth-order valence-electron chi connectivity index (χ4n) is 2.61. The Balaban J connectivity index is 1.95. The summed E-state index contributed by atoms with van der Waals surface area (Å²) in [5.74, 6) is 2.77. The fourth-order valence-corrected chi connectivity index (χ4v) is 2.61. The van der Waals surface area contributed by atoms with E-state index in [-0.39, 0.29) is 0 Å². The summed E-state index contributed by atoms with van der Waals surface area (Å²) in [4.78, 5) is 11.7. The molecule has 0 atom stereocenters. The van der Waals surface area contributed by atoms with Crippen LogP contribution < -0.4 is 15.0 Å². The third-order valence-electron chi connectivity index (χ3n) is 3.90. The van der Waals surface area contributed by atoms with Crippen molar-refractivity contribution >= 4 is 5.82 Å². The van der Waals surface area contributed by atoms with Crippen molar-refractivity contribution in [3.63, 3.8) is 0 Å². The van der Waals surface area contributed by atoms with Gasteiger partial charge >= 0.3 is 0 Å². The quantitative estimate of drug-likeness (QED) is 0.937. The molecule has 1 saturated heterocycles. The highest BCUT2D eigenvalue weighted by molar-refractivity contribution is 5.63. The van der Waals surface area contributed by atoms with Crippen LogP contribution in [0.4, 0.5) is 5.82 Å². The topological polar surface area (TPSA) is 50.3 Å². The van der Waals surface area contributed by atoms with E-state index >= 15 is 0 Å². The van der Waals surface area contributed by atoms with Crippen molar-refractivity contribution in [1.29, 1.82) is 0 Å². The average Bonchev–Trinajstić information content (AvgIpc) is 2.62. The predicted molar refractivity (Wildman–Crippen MR) is 88.5 cm³/mol. The molecule has 1 N–H and O–H groups in total. The number of ether oxygens (including phenoxy) is 1. The largest absolute Gasteiger partial charge is 0.497 e. The molecule has 22 heavy (non-hydrogen) atoms. The average molecular weight is 298 g/mol. The van der Waals surface area contributed by atoms with Crippen LogP contribution in [0.5, 0.6) is 5.75 Å². The summed E-state index contributed by atoms with van der Waals surface area (Å²) in [6, 6.07) is 10.1. The molecule has 1 fully saturated rings. The van der Waals surface area contributed by atoms with E-state index in [1.807, 2.05) is 24.3 Å². The molecule has 5 heteroatoms. The molecule has 5 nitrogen and oxygen atoms in total. The monoisotopic (exact) mass is 298 g/mol. The van der Waals surface area contributed by atoms with Gasteiger partial charge in [-0.15, -0.1) is 0 Å². The van der Waals surface area contributed by atoms with Crippen molar-refractivity contribution in [2.75, 3.05) is 38.2 Å². The van der Waals surface area contributed by atoms with Gasteiger partial charge in [0.2, 0.25) is 0 Å². The number of nitrogens with one attached hydrogen (secondary N) is 1. The molecule has 0 aliphatic carbocycles. The molecule has 2 heterocycles. The molecular formula is C17H22N4O. The van der Waals surface area contributed by atoms with Crippen molar-refractivity contribution in [3.8, 4) is 17.0 Å². The summed E-state index contributed by atoms with van der Waals surface area (Å²) in [7, 11) is 1.68. The number of benzene rings is 1. The van der Waals surface area contributed by atoms with Crippen molar-refractivity contribution in [3.05, 3.63) is 36.2 Å². The first-order valence-electron chi connectivity index (χ1n) is 7.78. The Bertz CT molecular complexity index is 621. The Morgan fingerprint density at radius 2 is 1.86 bits per heavy atom. The Morgan fingerprint density at radius 1 is 1.14 bits per heavy atom. The molecule has 3 rings (SSSR count). The van der Waals surface area contributed by atoms with Gasteiger partial charge in [-0.1, -0.05) is 6.92 Å². The second-order valence-electron chi connectivity index (χ2n) is 5.35. The van der Waals surface area contributed by atoms with Crippen LogP contribution in [0, 0.1) is 0 Å². The minimum absolute atomic E-state index is 0.836. The van der Waals surface area contributed by atoms with Gasteiger partial charge in [0.25, 0.3) is 0 Å². The SMILES string of the molecule is CCc1nc(-c2ccc(OC)cc2)cc(N2CCNCC2)n1. The van der Waals surface area contributed by atoms with Gasteiger partial charge in [0.15, 0.2) is 0 Å². The maximum absolute atomic E-state index is 5.22. The van der Waals surface area contributed by atoms with E-state index < -0.39 is 0 Å². The molecule has 0 amide bonds. The van der Waals surface area contributed by atoms with Crippen LogP contribution in [0.2, 0.25) is 0 Å². The van der Waals surface area contributed by atoms with E-state index in [1.165, 1.54) is 0 Å². The number of hydrogen-bond acceptors (Lipinski definition) is 5. The molecular weight excluding hydrogens is 276 g/mol. The number of methoxy groups -OCH3 is 1. The molecule has 0 saturated carbocycles. The first-order valence-corrected chi connectivity index (χ1v) is 7.78. The molecule has 1 aliphatic heterocycles. The van der Waals surface area contributed by atoms with Crippen LogP contribution >= 0.6 is 0 Å². The smallest absolute Gasteiger partial charge is 0.132 e. The number of aryl methyl sites for hydroxylation is 1. The minimum Gasteiger partial charge on any atom is -0.497 e. The lowest BCUT2D eigenvalue weighted by atomic mass is 10.1. The normalized spacial score (nSPS) is 14.9. The second kappa shape index (κ2) is 6.75. The minimum atomic E-state index is 0.836. The molecule has 0 radical (unpaired) electrons. The number of rotatable bonds is 4. The van der Waals surface area contributed by atoms with E-state index in [1.54, 1.807) is 7.11 Å². The number of piperazine rings is 1. The van der Waals surface area contributed by atoms with E-state index in [2.05, 4.69) is 28.2 Å². The third kappa shape index (κ3) is 3.20. The van der Waals surface area contributed by atoms with E-state index in [4.69, 9.17) is 9.72 Å². The summed E-state index contributed by atoms with van der Waals surface area (Å²) in [6.45, 7) is 6.08. The van der Waals surface area contributed by atoms with Gasteiger partial charge in [0, 0.05) is 44.2 Å². The summed E-state index contributed by atoms with van der Waals surface area (Å²) in [5, 5.41) is 3.37. The van der Waals surface area contributed by atoms with Crippen molar-refractivity contribution in [2.24, 2.45) is 0 Å². The Kier molecular flexibility index (Phi) is 4.53. The zero-order valence-corrected chi connectivity index (χ0v) is 13.2. The van der Waals surface area contributed by atoms with Crippen molar-refractivity contribution in [2.45, 2.75) is 13.3 Å².